The van der Waals surface area contributed by atoms with Crippen molar-refractivity contribution in [2.45, 2.75) is 83.8 Å². The van der Waals surface area contributed by atoms with Crippen LogP contribution in [0.3, 0.4) is 0 Å². The van der Waals surface area contributed by atoms with E-state index >= 15 is 0 Å². The molecule has 4 rings (SSSR count). The summed E-state index contributed by atoms with van der Waals surface area (Å²) >= 11 is 0. The molecule has 4 saturated carbocycles. The maximum Gasteiger partial charge on any atom is 0.161 e. The fraction of sp³-hybridized carbons (Fsp3) is 0.905. The van der Waals surface area contributed by atoms with Crippen LogP contribution in [0, 0.1) is 34.5 Å². The van der Waals surface area contributed by atoms with Crippen molar-refractivity contribution < 1.29 is 19.8 Å². The number of carbonyl (C=O) groups is 2. The van der Waals surface area contributed by atoms with Crippen LogP contribution in [-0.4, -0.2) is 33.5 Å². The quantitative estimate of drug-likeness (QED) is 0.764. The summed E-state index contributed by atoms with van der Waals surface area (Å²) in [7, 11) is 0. The first-order chi connectivity index (χ1) is 11.6. The second kappa shape index (κ2) is 5.39. The van der Waals surface area contributed by atoms with Crippen molar-refractivity contribution in [3.63, 3.8) is 0 Å². The first-order valence-corrected chi connectivity index (χ1v) is 10.1. The van der Waals surface area contributed by atoms with E-state index in [4.69, 9.17) is 0 Å². The van der Waals surface area contributed by atoms with E-state index < -0.39 is 11.0 Å². The zero-order chi connectivity index (χ0) is 18.2. The molecule has 4 heteroatoms. The number of ketones is 2. The van der Waals surface area contributed by atoms with Crippen molar-refractivity contribution >= 4 is 11.6 Å². The Morgan fingerprint density at radius 2 is 1.84 bits per heavy atom. The van der Waals surface area contributed by atoms with Crippen LogP contribution < -0.4 is 0 Å². The van der Waals surface area contributed by atoms with Crippen LogP contribution in [0.4, 0.5) is 0 Å². The molecule has 0 bridgehead atoms. The monoisotopic (exact) mass is 348 g/mol. The minimum absolute atomic E-state index is 0.0164. The first kappa shape index (κ1) is 17.7. The third-order valence-electron chi connectivity index (χ3n) is 9.06. The van der Waals surface area contributed by atoms with Gasteiger partial charge in [-0.1, -0.05) is 13.8 Å². The Balaban J connectivity index is 1.71. The van der Waals surface area contributed by atoms with Crippen LogP contribution in [0.15, 0.2) is 0 Å². The van der Waals surface area contributed by atoms with E-state index in [-0.39, 0.29) is 40.8 Å². The van der Waals surface area contributed by atoms with Gasteiger partial charge in [-0.25, -0.2) is 0 Å². The average Bonchev–Trinajstić information content (AvgIpc) is 2.80. The summed E-state index contributed by atoms with van der Waals surface area (Å²) in [4.78, 5) is 25.6. The molecule has 2 N–H and O–H groups in total. The summed E-state index contributed by atoms with van der Waals surface area (Å²) in [5.41, 5.74) is -1.95. The molecular formula is C21H32O4. The van der Waals surface area contributed by atoms with Gasteiger partial charge >= 0.3 is 0 Å². The second-order valence-corrected chi connectivity index (χ2v) is 9.97. The van der Waals surface area contributed by atoms with Gasteiger partial charge < -0.3 is 10.2 Å². The highest BCUT2D eigenvalue weighted by Gasteiger charge is 2.68. The lowest BCUT2D eigenvalue weighted by Gasteiger charge is -2.60. The van der Waals surface area contributed by atoms with Crippen molar-refractivity contribution in [2.24, 2.45) is 34.5 Å². The molecular weight excluding hydrogens is 316 g/mol. The lowest BCUT2D eigenvalue weighted by Crippen LogP contribution is -2.61. The molecule has 0 aromatic rings. The normalized spacial score (nSPS) is 55.2. The Kier molecular flexibility index (Phi) is 3.81. The topological polar surface area (TPSA) is 74.6 Å². The largest absolute Gasteiger partial charge is 0.393 e. The van der Waals surface area contributed by atoms with Crippen molar-refractivity contribution in [2.75, 3.05) is 0 Å². The lowest BCUT2D eigenvalue weighted by atomic mass is 9.44. The van der Waals surface area contributed by atoms with Crippen LogP contribution in [0.1, 0.15) is 72.1 Å². The van der Waals surface area contributed by atoms with Crippen molar-refractivity contribution in [1.29, 1.82) is 0 Å². The molecule has 4 fully saturated rings. The molecule has 0 amide bonds. The number of aliphatic hydroxyl groups is 2. The van der Waals surface area contributed by atoms with Gasteiger partial charge in [-0.05, 0) is 75.0 Å². The number of Topliss-reactive ketones (excluding diaryl/α,β-unsaturated/α-hetero) is 2. The summed E-state index contributed by atoms with van der Waals surface area (Å²) < 4.78 is 0. The predicted octanol–water partition coefficient (Wildman–Crippen LogP) is 2.89. The molecule has 0 aliphatic heterocycles. The SMILES string of the molecule is CC(=O)C1(O)CCC2C3CCC4CC(O)CCC4(C)C3C(=O)CC21C. The maximum atomic E-state index is 13.3. The van der Waals surface area contributed by atoms with E-state index in [1.165, 1.54) is 6.92 Å². The molecule has 4 aliphatic carbocycles. The van der Waals surface area contributed by atoms with Crippen LogP contribution in [-0.2, 0) is 9.59 Å². The first-order valence-electron chi connectivity index (χ1n) is 10.1. The number of fused-ring (bicyclic) bond motifs is 5. The fourth-order valence-corrected chi connectivity index (χ4v) is 7.63. The Morgan fingerprint density at radius 1 is 1.12 bits per heavy atom. The zero-order valence-corrected chi connectivity index (χ0v) is 15.8. The molecule has 4 aliphatic rings. The molecule has 0 heterocycles. The van der Waals surface area contributed by atoms with E-state index in [0.717, 1.165) is 38.5 Å². The van der Waals surface area contributed by atoms with E-state index in [1.54, 1.807) is 0 Å². The molecule has 25 heavy (non-hydrogen) atoms. The number of hydrogen-bond donors (Lipinski definition) is 2. The molecule has 0 radical (unpaired) electrons. The lowest BCUT2D eigenvalue weighted by molar-refractivity contribution is -0.178. The molecule has 0 aromatic carbocycles. The highest BCUT2D eigenvalue weighted by molar-refractivity contribution is 5.90. The fourth-order valence-electron chi connectivity index (χ4n) is 7.63. The summed E-state index contributed by atoms with van der Waals surface area (Å²) in [5.74, 6) is 1.10. The van der Waals surface area contributed by atoms with Gasteiger partial charge in [0.05, 0.1) is 6.10 Å². The van der Waals surface area contributed by atoms with Crippen molar-refractivity contribution in [3.8, 4) is 0 Å². The van der Waals surface area contributed by atoms with Crippen LogP contribution in [0.5, 0.6) is 0 Å². The van der Waals surface area contributed by atoms with E-state index in [1.807, 2.05) is 6.92 Å². The van der Waals surface area contributed by atoms with Gasteiger partial charge in [-0.15, -0.1) is 0 Å². The van der Waals surface area contributed by atoms with E-state index in [2.05, 4.69) is 6.92 Å². The van der Waals surface area contributed by atoms with Gasteiger partial charge in [0, 0.05) is 17.8 Å². The van der Waals surface area contributed by atoms with Crippen molar-refractivity contribution in [1.82, 2.24) is 0 Å². The Hall–Kier alpha value is -0.740. The van der Waals surface area contributed by atoms with Crippen LogP contribution in [0.25, 0.3) is 0 Å². The van der Waals surface area contributed by atoms with Crippen molar-refractivity contribution in [3.05, 3.63) is 0 Å². The number of aliphatic hydroxyl groups excluding tert-OH is 1. The zero-order valence-electron chi connectivity index (χ0n) is 15.8. The Morgan fingerprint density at radius 3 is 2.52 bits per heavy atom. The van der Waals surface area contributed by atoms with Crippen LogP contribution in [0.2, 0.25) is 0 Å². The molecule has 140 valence electrons. The summed E-state index contributed by atoms with van der Waals surface area (Å²) in [6, 6.07) is 0. The highest BCUT2D eigenvalue weighted by Crippen LogP contribution is 2.67. The standard InChI is InChI=1S/C21H32O4/c1-12(22)21(25)9-7-16-15-5-4-13-10-14(23)6-8-19(13,2)18(15)17(24)11-20(16,21)3/h13-16,18,23,25H,4-11H2,1-3H3. The molecule has 0 aromatic heterocycles. The smallest absolute Gasteiger partial charge is 0.161 e. The molecule has 8 atom stereocenters. The van der Waals surface area contributed by atoms with Gasteiger partial charge in [0.15, 0.2) is 5.78 Å². The number of hydrogen-bond acceptors (Lipinski definition) is 4. The van der Waals surface area contributed by atoms with Gasteiger partial charge in [0.2, 0.25) is 0 Å². The van der Waals surface area contributed by atoms with E-state index in [0.29, 0.717) is 18.8 Å². The van der Waals surface area contributed by atoms with E-state index in [9.17, 15) is 19.8 Å². The average molecular weight is 348 g/mol. The minimum atomic E-state index is -1.33. The molecule has 0 spiro atoms. The van der Waals surface area contributed by atoms with Gasteiger partial charge in [-0.3, -0.25) is 9.59 Å². The highest BCUT2D eigenvalue weighted by atomic mass is 16.3. The summed E-state index contributed by atoms with van der Waals surface area (Å²) in [5, 5.41) is 21.2. The molecule has 8 unspecified atom stereocenters. The molecule has 0 saturated heterocycles. The Bertz CT molecular complexity index is 615. The summed E-state index contributed by atoms with van der Waals surface area (Å²) in [6.45, 7) is 5.73. The van der Waals surface area contributed by atoms with Gasteiger partial charge in [0.25, 0.3) is 0 Å². The maximum absolute atomic E-state index is 13.3. The molecule has 4 nitrogen and oxygen atoms in total. The Labute approximate surface area is 150 Å². The van der Waals surface area contributed by atoms with Gasteiger partial charge in [0.1, 0.15) is 11.4 Å². The summed E-state index contributed by atoms with van der Waals surface area (Å²) in [6.07, 6.45) is 6.07. The van der Waals surface area contributed by atoms with Gasteiger partial charge in [-0.2, -0.15) is 0 Å². The van der Waals surface area contributed by atoms with Crippen LogP contribution >= 0.6 is 0 Å². The second-order valence-electron chi connectivity index (χ2n) is 9.97. The third-order valence-corrected chi connectivity index (χ3v) is 9.06. The minimum Gasteiger partial charge on any atom is -0.393 e. The number of carbonyl (C=O) groups excluding carboxylic acids is 2. The predicted molar refractivity (Wildman–Crippen MR) is 93.8 cm³/mol. The third kappa shape index (κ3) is 2.13. The number of rotatable bonds is 1.